The summed E-state index contributed by atoms with van der Waals surface area (Å²) in [6.07, 6.45) is 5.76. The van der Waals surface area contributed by atoms with E-state index in [4.69, 9.17) is 4.74 Å². The number of ether oxygens (including phenoxy) is 1. The van der Waals surface area contributed by atoms with Crippen molar-refractivity contribution in [1.29, 1.82) is 0 Å². The molecule has 1 aromatic carbocycles. The molecule has 1 saturated heterocycles. The lowest BCUT2D eigenvalue weighted by Gasteiger charge is -2.47. The number of aromatic amines is 1. The molecule has 23 heavy (non-hydrogen) atoms. The van der Waals surface area contributed by atoms with E-state index < -0.39 is 0 Å². The number of hydrogen-bond acceptors (Lipinski definition) is 2. The first-order chi connectivity index (χ1) is 11.2. The zero-order valence-corrected chi connectivity index (χ0v) is 13.2. The molecular weight excluding hydrogens is 288 g/mol. The molecule has 3 aliphatic heterocycles. The topological polar surface area (TPSA) is 45.3 Å². The van der Waals surface area contributed by atoms with Gasteiger partial charge in [0.1, 0.15) is 6.10 Å². The molecule has 4 nitrogen and oxygen atoms in total. The number of nitrogens with zero attached hydrogens (tertiary/aromatic N) is 1. The van der Waals surface area contributed by atoms with E-state index in [1.807, 2.05) is 6.92 Å². The molecule has 3 aliphatic rings. The smallest absolute Gasteiger partial charge is 0.230 e. The zero-order valence-electron chi connectivity index (χ0n) is 13.2. The zero-order chi connectivity index (χ0) is 15.6. The van der Waals surface area contributed by atoms with Crippen molar-refractivity contribution in [2.45, 2.75) is 31.9 Å². The van der Waals surface area contributed by atoms with Crippen molar-refractivity contribution in [3.05, 3.63) is 47.9 Å². The van der Waals surface area contributed by atoms with Crippen LogP contribution in [0.25, 0.3) is 10.9 Å². The van der Waals surface area contributed by atoms with Gasteiger partial charge in [0.05, 0.1) is 18.2 Å². The van der Waals surface area contributed by atoms with E-state index in [2.05, 4.69) is 40.2 Å². The number of carbonyl (C=O) groups excluding carboxylic acids is 1. The van der Waals surface area contributed by atoms with Crippen molar-refractivity contribution in [2.75, 3.05) is 6.54 Å². The minimum atomic E-state index is -0.0258. The van der Waals surface area contributed by atoms with Crippen molar-refractivity contribution in [3.8, 4) is 0 Å². The molecule has 4 atom stereocenters. The summed E-state index contributed by atoms with van der Waals surface area (Å²) in [5.41, 5.74) is 3.83. The third-order valence-electron chi connectivity index (χ3n) is 5.81. The molecule has 0 unspecified atom stereocenters. The summed E-state index contributed by atoms with van der Waals surface area (Å²) in [7, 11) is 0. The number of piperidine rings is 1. The summed E-state index contributed by atoms with van der Waals surface area (Å²) in [4.78, 5) is 18.7. The number of fused-ring (bicyclic) bond motifs is 6. The second-order valence-electron chi connectivity index (χ2n) is 6.96. The number of allylic oxidation sites excluding steroid dienone is 1. The lowest BCUT2D eigenvalue weighted by molar-refractivity contribution is -0.151. The third-order valence-corrected chi connectivity index (χ3v) is 5.81. The van der Waals surface area contributed by atoms with E-state index in [1.54, 1.807) is 6.26 Å². The first kappa shape index (κ1) is 13.2. The van der Waals surface area contributed by atoms with Gasteiger partial charge in [-0.3, -0.25) is 4.79 Å². The number of hydrogen-bond donors (Lipinski definition) is 1. The largest absolute Gasteiger partial charge is 0.498 e. The number of para-hydroxylation sites is 1. The fourth-order valence-electron chi connectivity index (χ4n) is 4.71. The Kier molecular flexibility index (Phi) is 2.67. The maximum atomic E-state index is 13.0. The number of amides is 1. The minimum Gasteiger partial charge on any atom is -0.498 e. The molecule has 0 bridgehead atoms. The molecule has 4 heterocycles. The van der Waals surface area contributed by atoms with E-state index >= 15 is 0 Å². The van der Waals surface area contributed by atoms with E-state index in [0.717, 1.165) is 19.4 Å². The summed E-state index contributed by atoms with van der Waals surface area (Å²) in [6.45, 7) is 2.83. The number of carbonyl (C=O) groups is 1. The highest BCUT2D eigenvalue weighted by atomic mass is 16.5. The number of benzene rings is 1. The standard InChI is InChI=1S/C19H20N2O2/c1-11-17-12(7-9-23-11)10-16-18-14(6-8-21(16)19(17)22)13-4-2-3-5-15(13)20-18/h2-5,7,9,11-12,16-17,20H,6,8,10H2,1H3/t11-,12-,16-,17-/m0/s1. The van der Waals surface area contributed by atoms with Crippen LogP contribution in [0.3, 0.4) is 0 Å². The highest BCUT2D eigenvalue weighted by Crippen LogP contribution is 2.45. The average Bonchev–Trinajstić information content (AvgIpc) is 2.94. The molecular formula is C19H20N2O2. The number of nitrogens with one attached hydrogen (secondary N) is 1. The van der Waals surface area contributed by atoms with Crippen molar-refractivity contribution >= 4 is 16.8 Å². The molecule has 5 rings (SSSR count). The summed E-state index contributed by atoms with van der Waals surface area (Å²) in [5, 5.41) is 1.31. The van der Waals surface area contributed by atoms with E-state index in [0.29, 0.717) is 0 Å². The van der Waals surface area contributed by atoms with Crippen LogP contribution in [-0.2, 0) is 16.0 Å². The van der Waals surface area contributed by atoms with Crippen LogP contribution in [0.5, 0.6) is 0 Å². The molecule has 1 amide bonds. The summed E-state index contributed by atoms with van der Waals surface area (Å²) >= 11 is 0. The van der Waals surface area contributed by atoms with Gasteiger partial charge < -0.3 is 14.6 Å². The van der Waals surface area contributed by atoms with Crippen LogP contribution < -0.4 is 0 Å². The van der Waals surface area contributed by atoms with Crippen molar-refractivity contribution in [3.63, 3.8) is 0 Å². The van der Waals surface area contributed by atoms with Crippen molar-refractivity contribution < 1.29 is 9.53 Å². The lowest BCUT2D eigenvalue weighted by Crippen LogP contribution is -2.53. The third kappa shape index (κ3) is 1.75. The first-order valence-corrected chi connectivity index (χ1v) is 8.46. The second-order valence-corrected chi connectivity index (χ2v) is 6.96. The van der Waals surface area contributed by atoms with Crippen LogP contribution in [0.4, 0.5) is 0 Å². The highest BCUT2D eigenvalue weighted by molar-refractivity contribution is 5.87. The Hall–Kier alpha value is -2.23. The van der Waals surface area contributed by atoms with E-state index in [1.165, 1.54) is 22.2 Å². The molecule has 0 saturated carbocycles. The maximum Gasteiger partial charge on any atom is 0.230 e. The summed E-state index contributed by atoms with van der Waals surface area (Å²) in [6, 6.07) is 8.64. The Labute approximate surface area is 135 Å². The SMILES string of the molecule is C[C@@H]1OC=C[C@H]2C[C@H]3c4[nH]c5ccccc5c4CCN3C(=O)[C@@H]12. The van der Waals surface area contributed by atoms with Crippen LogP contribution in [0.2, 0.25) is 0 Å². The second kappa shape index (κ2) is 4.63. The van der Waals surface area contributed by atoms with Gasteiger partial charge in [-0.25, -0.2) is 0 Å². The van der Waals surface area contributed by atoms with Crippen molar-refractivity contribution in [1.82, 2.24) is 9.88 Å². The van der Waals surface area contributed by atoms with Gasteiger partial charge in [0.15, 0.2) is 0 Å². The minimum absolute atomic E-state index is 0.0254. The van der Waals surface area contributed by atoms with E-state index in [-0.39, 0.29) is 29.9 Å². The maximum absolute atomic E-state index is 13.0. The van der Waals surface area contributed by atoms with Gasteiger partial charge in [0.2, 0.25) is 5.91 Å². The Balaban J connectivity index is 1.61. The van der Waals surface area contributed by atoms with Gasteiger partial charge >= 0.3 is 0 Å². The van der Waals surface area contributed by atoms with Crippen LogP contribution in [-0.4, -0.2) is 28.4 Å². The Bertz CT molecular complexity index is 822. The molecule has 118 valence electrons. The first-order valence-electron chi connectivity index (χ1n) is 8.46. The Morgan fingerprint density at radius 1 is 1.30 bits per heavy atom. The molecule has 1 fully saturated rings. The summed E-state index contributed by atoms with van der Waals surface area (Å²) < 4.78 is 5.58. The van der Waals surface area contributed by atoms with E-state index in [9.17, 15) is 4.79 Å². The molecule has 0 radical (unpaired) electrons. The predicted molar refractivity (Wildman–Crippen MR) is 87.7 cm³/mol. The van der Waals surface area contributed by atoms with Crippen LogP contribution in [0, 0.1) is 11.8 Å². The normalized spacial score (nSPS) is 32.2. The Morgan fingerprint density at radius 3 is 3.09 bits per heavy atom. The average molecular weight is 308 g/mol. The van der Waals surface area contributed by atoms with Crippen molar-refractivity contribution in [2.24, 2.45) is 11.8 Å². The fourth-order valence-corrected chi connectivity index (χ4v) is 4.71. The molecule has 1 N–H and O–H groups in total. The molecule has 0 aliphatic carbocycles. The highest BCUT2D eigenvalue weighted by Gasteiger charge is 2.47. The number of H-pyrrole nitrogens is 1. The Morgan fingerprint density at radius 2 is 2.17 bits per heavy atom. The van der Waals surface area contributed by atoms with Gasteiger partial charge in [0.25, 0.3) is 0 Å². The fraction of sp³-hybridized carbons (Fsp3) is 0.421. The van der Waals surface area contributed by atoms with Gasteiger partial charge in [-0.2, -0.15) is 0 Å². The quantitative estimate of drug-likeness (QED) is 0.812. The molecule has 0 spiro atoms. The van der Waals surface area contributed by atoms with Crippen LogP contribution >= 0.6 is 0 Å². The number of aromatic nitrogens is 1. The molecule has 2 aromatic rings. The van der Waals surface area contributed by atoms with Gasteiger partial charge in [0, 0.05) is 23.1 Å². The van der Waals surface area contributed by atoms with Crippen LogP contribution in [0.15, 0.2) is 36.6 Å². The van der Waals surface area contributed by atoms with Gasteiger partial charge in [-0.05, 0) is 43.4 Å². The molecule has 1 aromatic heterocycles. The van der Waals surface area contributed by atoms with Gasteiger partial charge in [-0.15, -0.1) is 0 Å². The lowest BCUT2D eigenvalue weighted by atomic mass is 9.75. The monoisotopic (exact) mass is 308 g/mol. The summed E-state index contributed by atoms with van der Waals surface area (Å²) in [5.74, 6) is 0.513. The van der Waals surface area contributed by atoms with Gasteiger partial charge in [-0.1, -0.05) is 18.2 Å². The predicted octanol–water partition coefficient (Wildman–Crippen LogP) is 3.16. The number of rotatable bonds is 0. The van der Waals surface area contributed by atoms with Crippen LogP contribution in [0.1, 0.15) is 30.6 Å². The molecule has 4 heteroatoms.